The highest BCUT2D eigenvalue weighted by atomic mass is 35.5. The molecule has 0 bridgehead atoms. The van der Waals surface area contributed by atoms with Gasteiger partial charge in [0.15, 0.2) is 5.82 Å². The Bertz CT molecular complexity index is 741. The Balaban J connectivity index is 2.02. The minimum atomic E-state index is -0.493. The van der Waals surface area contributed by atoms with Crippen molar-refractivity contribution in [3.63, 3.8) is 0 Å². The standard InChI is InChI=1S/C18H20ClN3O/c1-12-11-13(2)21-17(20-12)18(3)9-6-10-22(18)16(23)14-7-4-5-8-15(14)19/h4-5,7-8,11H,6,9-10H2,1-3H3/t18-/m1/s1. The van der Waals surface area contributed by atoms with Crippen LogP contribution in [0.2, 0.25) is 5.02 Å². The monoisotopic (exact) mass is 329 g/mol. The normalized spacial score (nSPS) is 20.8. The molecule has 1 aliphatic heterocycles. The minimum absolute atomic E-state index is 0.0571. The van der Waals surface area contributed by atoms with Crippen LogP contribution >= 0.6 is 11.6 Å². The van der Waals surface area contributed by atoms with Crippen LogP contribution in [0.1, 0.15) is 47.3 Å². The number of hydrogen-bond acceptors (Lipinski definition) is 3. The molecule has 2 aromatic rings. The Morgan fingerprint density at radius 3 is 2.52 bits per heavy atom. The maximum Gasteiger partial charge on any atom is 0.256 e. The molecular formula is C18H20ClN3O. The summed E-state index contributed by atoms with van der Waals surface area (Å²) < 4.78 is 0. The summed E-state index contributed by atoms with van der Waals surface area (Å²) >= 11 is 6.21. The molecule has 4 nitrogen and oxygen atoms in total. The van der Waals surface area contributed by atoms with Crippen molar-refractivity contribution in [3.05, 3.63) is 58.1 Å². The van der Waals surface area contributed by atoms with E-state index in [2.05, 4.69) is 9.97 Å². The van der Waals surface area contributed by atoms with Crippen molar-refractivity contribution in [2.24, 2.45) is 0 Å². The number of nitrogens with zero attached hydrogens (tertiary/aromatic N) is 3. The van der Waals surface area contributed by atoms with Gasteiger partial charge in [0.25, 0.3) is 5.91 Å². The Morgan fingerprint density at radius 2 is 1.87 bits per heavy atom. The highest BCUT2D eigenvalue weighted by Crippen LogP contribution is 2.38. The van der Waals surface area contributed by atoms with Crippen molar-refractivity contribution in [3.8, 4) is 0 Å². The molecule has 0 N–H and O–H groups in total. The molecule has 1 fully saturated rings. The third-order valence-electron chi connectivity index (χ3n) is 4.45. The van der Waals surface area contributed by atoms with Gasteiger partial charge < -0.3 is 4.90 Å². The number of carbonyl (C=O) groups is 1. The molecular weight excluding hydrogens is 310 g/mol. The number of amides is 1. The number of benzene rings is 1. The van der Waals surface area contributed by atoms with E-state index in [1.54, 1.807) is 12.1 Å². The predicted molar refractivity (Wildman–Crippen MR) is 90.6 cm³/mol. The smallest absolute Gasteiger partial charge is 0.256 e. The lowest BCUT2D eigenvalue weighted by Crippen LogP contribution is -2.44. The van der Waals surface area contributed by atoms with Gasteiger partial charge in [-0.25, -0.2) is 9.97 Å². The van der Waals surface area contributed by atoms with E-state index < -0.39 is 5.54 Å². The summed E-state index contributed by atoms with van der Waals surface area (Å²) in [6, 6.07) is 9.12. The summed E-state index contributed by atoms with van der Waals surface area (Å²) in [6.45, 7) is 6.65. The Hall–Kier alpha value is -1.94. The predicted octanol–water partition coefficient (Wildman–Crippen LogP) is 3.90. The lowest BCUT2D eigenvalue weighted by molar-refractivity contribution is 0.0603. The SMILES string of the molecule is Cc1cc(C)nc([C@@]2(C)CCCN2C(=O)c2ccccc2Cl)n1. The maximum absolute atomic E-state index is 13.0. The van der Waals surface area contributed by atoms with Crippen LogP contribution < -0.4 is 0 Å². The largest absolute Gasteiger partial charge is 0.326 e. The molecule has 1 atom stereocenters. The summed E-state index contributed by atoms with van der Waals surface area (Å²) in [7, 11) is 0. The van der Waals surface area contributed by atoms with Crippen molar-refractivity contribution in [1.29, 1.82) is 0 Å². The van der Waals surface area contributed by atoms with Gasteiger partial charge in [0.1, 0.15) is 5.54 Å². The summed E-state index contributed by atoms with van der Waals surface area (Å²) in [5.41, 5.74) is 1.88. The molecule has 0 aliphatic carbocycles. The maximum atomic E-state index is 13.0. The molecule has 1 saturated heterocycles. The molecule has 0 saturated carbocycles. The molecule has 1 aliphatic rings. The first-order valence-electron chi connectivity index (χ1n) is 7.81. The minimum Gasteiger partial charge on any atom is -0.326 e. The first-order valence-corrected chi connectivity index (χ1v) is 8.19. The number of aromatic nitrogens is 2. The molecule has 0 unspecified atom stereocenters. The number of likely N-dealkylation sites (tertiary alicyclic amines) is 1. The van der Waals surface area contributed by atoms with Gasteiger partial charge in [0.2, 0.25) is 0 Å². The molecule has 1 aromatic carbocycles. The average Bonchev–Trinajstić information content (AvgIpc) is 2.89. The van der Waals surface area contributed by atoms with E-state index >= 15 is 0 Å². The van der Waals surface area contributed by atoms with Crippen molar-refractivity contribution in [2.45, 2.75) is 39.2 Å². The molecule has 2 heterocycles. The van der Waals surface area contributed by atoms with Crippen LogP contribution in [0, 0.1) is 13.8 Å². The van der Waals surface area contributed by atoms with Gasteiger partial charge in [0, 0.05) is 17.9 Å². The molecule has 5 heteroatoms. The van der Waals surface area contributed by atoms with Crippen molar-refractivity contribution >= 4 is 17.5 Å². The summed E-state index contributed by atoms with van der Waals surface area (Å²) in [5, 5.41) is 0.480. The molecule has 1 aromatic heterocycles. The molecule has 1 amide bonds. The van der Waals surface area contributed by atoms with Gasteiger partial charge in [-0.1, -0.05) is 23.7 Å². The van der Waals surface area contributed by atoms with Gasteiger partial charge in [-0.15, -0.1) is 0 Å². The highest BCUT2D eigenvalue weighted by molar-refractivity contribution is 6.33. The molecule has 23 heavy (non-hydrogen) atoms. The number of carbonyl (C=O) groups excluding carboxylic acids is 1. The van der Waals surface area contributed by atoms with E-state index in [0.29, 0.717) is 23.0 Å². The number of hydrogen-bond donors (Lipinski definition) is 0. The van der Waals surface area contributed by atoms with E-state index in [4.69, 9.17) is 11.6 Å². The lowest BCUT2D eigenvalue weighted by atomic mass is 9.96. The first-order chi connectivity index (χ1) is 10.9. The molecule has 0 radical (unpaired) electrons. The second-order valence-corrected chi connectivity index (χ2v) is 6.70. The van der Waals surface area contributed by atoms with E-state index in [9.17, 15) is 4.79 Å². The van der Waals surface area contributed by atoms with Crippen molar-refractivity contribution in [2.75, 3.05) is 6.54 Å². The Kier molecular flexibility index (Phi) is 4.11. The van der Waals surface area contributed by atoms with Crippen LogP contribution in [0.25, 0.3) is 0 Å². The van der Waals surface area contributed by atoms with Gasteiger partial charge in [-0.05, 0) is 51.8 Å². The van der Waals surface area contributed by atoms with Gasteiger partial charge in [-0.2, -0.15) is 0 Å². The van der Waals surface area contributed by atoms with Crippen LogP contribution in [0.5, 0.6) is 0 Å². The van der Waals surface area contributed by atoms with Crippen molar-refractivity contribution in [1.82, 2.24) is 14.9 Å². The summed E-state index contributed by atoms with van der Waals surface area (Å²) in [4.78, 5) is 24.1. The number of rotatable bonds is 2. The fraction of sp³-hybridized carbons (Fsp3) is 0.389. The summed E-state index contributed by atoms with van der Waals surface area (Å²) in [5.74, 6) is 0.659. The molecule has 0 spiro atoms. The quantitative estimate of drug-likeness (QED) is 0.839. The molecule has 120 valence electrons. The molecule has 3 rings (SSSR count). The Morgan fingerprint density at radius 1 is 1.22 bits per heavy atom. The third kappa shape index (κ3) is 2.83. The van der Waals surface area contributed by atoms with E-state index in [-0.39, 0.29) is 5.91 Å². The van der Waals surface area contributed by atoms with Crippen LogP contribution in [0.4, 0.5) is 0 Å². The van der Waals surface area contributed by atoms with Crippen LogP contribution in [0.3, 0.4) is 0 Å². The van der Waals surface area contributed by atoms with Crippen molar-refractivity contribution < 1.29 is 4.79 Å². The second-order valence-electron chi connectivity index (χ2n) is 6.29. The van der Waals surface area contributed by atoms with E-state index in [1.165, 1.54) is 0 Å². The van der Waals surface area contributed by atoms with Gasteiger partial charge in [-0.3, -0.25) is 4.79 Å². The highest BCUT2D eigenvalue weighted by Gasteiger charge is 2.44. The average molecular weight is 330 g/mol. The first kappa shape index (κ1) is 15.9. The van der Waals surface area contributed by atoms with E-state index in [0.717, 1.165) is 24.2 Å². The zero-order valence-electron chi connectivity index (χ0n) is 13.6. The van der Waals surface area contributed by atoms with Gasteiger partial charge in [0.05, 0.1) is 10.6 Å². The fourth-order valence-electron chi connectivity index (χ4n) is 3.27. The third-order valence-corrected chi connectivity index (χ3v) is 4.78. The van der Waals surface area contributed by atoms with Crippen LogP contribution in [0.15, 0.2) is 30.3 Å². The van der Waals surface area contributed by atoms with E-state index in [1.807, 2.05) is 43.9 Å². The lowest BCUT2D eigenvalue weighted by Gasteiger charge is -2.34. The zero-order chi connectivity index (χ0) is 16.6. The number of halogens is 1. The van der Waals surface area contributed by atoms with Gasteiger partial charge >= 0.3 is 0 Å². The van der Waals surface area contributed by atoms with Crippen LogP contribution in [-0.4, -0.2) is 27.3 Å². The Labute approximate surface area is 141 Å². The summed E-state index contributed by atoms with van der Waals surface area (Å²) in [6.07, 6.45) is 1.79. The fourth-order valence-corrected chi connectivity index (χ4v) is 3.48. The topological polar surface area (TPSA) is 46.1 Å². The number of aryl methyl sites for hydroxylation is 2. The zero-order valence-corrected chi connectivity index (χ0v) is 14.4. The van der Waals surface area contributed by atoms with Crippen LogP contribution in [-0.2, 0) is 5.54 Å². The second kappa shape index (κ2) is 5.93.